The van der Waals surface area contributed by atoms with Crippen LogP contribution in [0.2, 0.25) is 0 Å². The molecular formula is C7H12N2O3. The van der Waals surface area contributed by atoms with Gasteiger partial charge in [-0.3, -0.25) is 4.90 Å². The average molecular weight is 172 g/mol. The highest BCUT2D eigenvalue weighted by molar-refractivity contribution is 4.89. The minimum atomic E-state index is -1.08. The summed E-state index contributed by atoms with van der Waals surface area (Å²) in [4.78, 5) is 1.60. The molecule has 1 heterocycles. The largest absolute Gasteiger partial charge is 0.389 e. The molecule has 1 aliphatic heterocycles. The molecule has 0 bridgehead atoms. The van der Waals surface area contributed by atoms with E-state index in [4.69, 9.17) is 10.4 Å². The molecule has 2 unspecified atom stereocenters. The normalized spacial score (nSPS) is 37.7. The van der Waals surface area contributed by atoms with Gasteiger partial charge in [-0.2, -0.15) is 5.26 Å². The molecule has 0 aromatic heterocycles. The number of β-amino-alcohol motifs (C(OH)–C–C–N with tert-alkyl or cyclic N) is 2. The summed E-state index contributed by atoms with van der Waals surface area (Å²) in [6, 6.07) is 1.92. The zero-order valence-electron chi connectivity index (χ0n) is 6.59. The molecule has 12 heavy (non-hydrogen) atoms. The molecule has 1 saturated heterocycles. The van der Waals surface area contributed by atoms with E-state index in [0.717, 1.165) is 0 Å². The smallest absolute Gasteiger partial charge is 0.108 e. The molecule has 0 radical (unpaired) electrons. The maximum Gasteiger partial charge on any atom is 0.108 e. The second-order valence-electron chi connectivity index (χ2n) is 2.98. The number of aliphatic hydroxyl groups excluding tert-OH is 3. The number of hydrogen-bond acceptors (Lipinski definition) is 5. The number of nitrogens with zero attached hydrogens (tertiary/aromatic N) is 2. The Kier molecular flexibility index (Phi) is 3.00. The third-order valence-corrected chi connectivity index (χ3v) is 1.97. The number of piperidine rings is 1. The second kappa shape index (κ2) is 3.83. The fraction of sp³-hybridized carbons (Fsp3) is 0.857. The Morgan fingerprint density at radius 1 is 1.25 bits per heavy atom. The van der Waals surface area contributed by atoms with E-state index in [9.17, 15) is 10.2 Å². The molecule has 3 N–H and O–H groups in total. The third-order valence-electron chi connectivity index (χ3n) is 1.97. The molecular weight excluding hydrogens is 160 g/mol. The molecule has 0 aliphatic carbocycles. The first kappa shape index (κ1) is 9.42. The fourth-order valence-corrected chi connectivity index (χ4v) is 1.31. The lowest BCUT2D eigenvalue weighted by atomic mass is 10.0. The summed E-state index contributed by atoms with van der Waals surface area (Å²) < 4.78 is 0. The van der Waals surface area contributed by atoms with E-state index in [1.54, 1.807) is 4.90 Å². The van der Waals surface area contributed by atoms with E-state index in [0.29, 0.717) is 0 Å². The van der Waals surface area contributed by atoms with Gasteiger partial charge in [-0.05, 0) is 0 Å². The maximum atomic E-state index is 9.18. The van der Waals surface area contributed by atoms with Crippen molar-refractivity contribution in [3.05, 3.63) is 0 Å². The highest BCUT2D eigenvalue weighted by atomic mass is 16.4. The molecule has 0 aromatic rings. The zero-order chi connectivity index (χ0) is 9.14. The van der Waals surface area contributed by atoms with Crippen molar-refractivity contribution in [1.29, 1.82) is 5.26 Å². The van der Waals surface area contributed by atoms with Crippen molar-refractivity contribution in [2.75, 3.05) is 19.6 Å². The van der Waals surface area contributed by atoms with Crippen LogP contribution in [0.4, 0.5) is 0 Å². The van der Waals surface area contributed by atoms with E-state index < -0.39 is 18.3 Å². The SMILES string of the molecule is N#CCN1CC(O)C(O)C(O)C1. The topological polar surface area (TPSA) is 87.7 Å². The number of hydrogen-bond donors (Lipinski definition) is 3. The minimum Gasteiger partial charge on any atom is -0.389 e. The van der Waals surface area contributed by atoms with Crippen molar-refractivity contribution in [2.24, 2.45) is 0 Å². The van der Waals surface area contributed by atoms with Gasteiger partial charge in [0.25, 0.3) is 0 Å². The highest BCUT2D eigenvalue weighted by Gasteiger charge is 2.32. The van der Waals surface area contributed by atoms with E-state index in [2.05, 4.69) is 0 Å². The lowest BCUT2D eigenvalue weighted by Gasteiger charge is -2.35. The predicted molar refractivity (Wildman–Crippen MR) is 40.1 cm³/mol. The summed E-state index contributed by atoms with van der Waals surface area (Å²) in [5.74, 6) is 0. The van der Waals surface area contributed by atoms with Crippen LogP contribution in [0.5, 0.6) is 0 Å². The molecule has 1 rings (SSSR count). The summed E-state index contributed by atoms with van der Waals surface area (Å²) in [6.45, 7) is 0.651. The quantitative estimate of drug-likeness (QED) is 0.395. The van der Waals surface area contributed by atoms with E-state index in [1.165, 1.54) is 0 Å². The molecule has 0 aromatic carbocycles. The molecule has 5 nitrogen and oxygen atoms in total. The van der Waals surface area contributed by atoms with Crippen LogP contribution in [-0.4, -0.2) is 58.2 Å². The van der Waals surface area contributed by atoms with Crippen LogP contribution in [0.3, 0.4) is 0 Å². The Morgan fingerprint density at radius 3 is 2.17 bits per heavy atom. The van der Waals surface area contributed by atoms with Crippen molar-refractivity contribution < 1.29 is 15.3 Å². The van der Waals surface area contributed by atoms with Gasteiger partial charge in [0.05, 0.1) is 24.8 Å². The lowest BCUT2D eigenvalue weighted by Crippen LogP contribution is -2.55. The van der Waals surface area contributed by atoms with Gasteiger partial charge in [0.1, 0.15) is 6.10 Å². The van der Waals surface area contributed by atoms with E-state index >= 15 is 0 Å². The van der Waals surface area contributed by atoms with Crippen molar-refractivity contribution in [2.45, 2.75) is 18.3 Å². The Balaban J connectivity index is 2.49. The first-order valence-electron chi connectivity index (χ1n) is 3.78. The summed E-state index contributed by atoms with van der Waals surface area (Å²) in [5, 5.41) is 35.8. The van der Waals surface area contributed by atoms with Crippen LogP contribution in [0.15, 0.2) is 0 Å². The molecule has 68 valence electrons. The van der Waals surface area contributed by atoms with Crippen LogP contribution >= 0.6 is 0 Å². The maximum absolute atomic E-state index is 9.18. The summed E-state index contributed by atoms with van der Waals surface area (Å²) in [7, 11) is 0. The number of nitriles is 1. The van der Waals surface area contributed by atoms with Crippen molar-refractivity contribution in [1.82, 2.24) is 4.90 Å². The predicted octanol–water partition coefficient (Wildman–Crippen LogP) is -2.09. The van der Waals surface area contributed by atoms with Crippen LogP contribution < -0.4 is 0 Å². The Bertz CT molecular complexity index is 180. The molecule has 1 aliphatic rings. The number of rotatable bonds is 1. The Labute approximate surface area is 70.5 Å². The van der Waals surface area contributed by atoms with Crippen LogP contribution in [0, 0.1) is 11.3 Å². The minimum absolute atomic E-state index is 0.167. The van der Waals surface area contributed by atoms with E-state index in [1.807, 2.05) is 6.07 Å². The first-order chi connectivity index (χ1) is 5.65. The number of aliphatic hydroxyl groups is 3. The van der Waals surface area contributed by atoms with Crippen molar-refractivity contribution >= 4 is 0 Å². The average Bonchev–Trinajstić information content (AvgIpc) is 2.01. The van der Waals surface area contributed by atoms with Crippen LogP contribution in [-0.2, 0) is 0 Å². The third kappa shape index (κ3) is 1.93. The van der Waals surface area contributed by atoms with E-state index in [-0.39, 0.29) is 19.6 Å². The Morgan fingerprint density at radius 2 is 1.75 bits per heavy atom. The first-order valence-corrected chi connectivity index (χ1v) is 3.78. The second-order valence-corrected chi connectivity index (χ2v) is 2.98. The van der Waals surface area contributed by atoms with Crippen LogP contribution in [0.25, 0.3) is 0 Å². The van der Waals surface area contributed by atoms with Gasteiger partial charge >= 0.3 is 0 Å². The molecule has 1 fully saturated rings. The Hall–Kier alpha value is -0.670. The van der Waals surface area contributed by atoms with Gasteiger partial charge in [0.2, 0.25) is 0 Å². The van der Waals surface area contributed by atoms with Gasteiger partial charge in [0, 0.05) is 13.1 Å². The zero-order valence-corrected chi connectivity index (χ0v) is 6.59. The van der Waals surface area contributed by atoms with Gasteiger partial charge < -0.3 is 15.3 Å². The highest BCUT2D eigenvalue weighted by Crippen LogP contribution is 2.10. The van der Waals surface area contributed by atoms with Crippen LogP contribution in [0.1, 0.15) is 0 Å². The monoisotopic (exact) mass is 172 g/mol. The molecule has 0 spiro atoms. The molecule has 0 amide bonds. The summed E-state index contributed by atoms with van der Waals surface area (Å²) in [6.07, 6.45) is -3.00. The van der Waals surface area contributed by atoms with Crippen molar-refractivity contribution in [3.63, 3.8) is 0 Å². The molecule has 2 atom stereocenters. The summed E-state index contributed by atoms with van der Waals surface area (Å²) in [5.41, 5.74) is 0. The lowest BCUT2D eigenvalue weighted by molar-refractivity contribution is -0.107. The van der Waals surface area contributed by atoms with Gasteiger partial charge in [-0.25, -0.2) is 0 Å². The standard InChI is InChI=1S/C7H12N2O3/c8-1-2-9-3-5(10)7(12)6(11)4-9/h5-7,10-12H,2-4H2. The van der Waals surface area contributed by atoms with Gasteiger partial charge in [-0.15, -0.1) is 0 Å². The molecule has 5 heteroatoms. The van der Waals surface area contributed by atoms with Gasteiger partial charge in [0.15, 0.2) is 0 Å². The van der Waals surface area contributed by atoms with Gasteiger partial charge in [-0.1, -0.05) is 0 Å². The number of likely N-dealkylation sites (tertiary alicyclic amines) is 1. The summed E-state index contributed by atoms with van der Waals surface area (Å²) >= 11 is 0. The fourth-order valence-electron chi connectivity index (χ4n) is 1.31. The van der Waals surface area contributed by atoms with Crippen molar-refractivity contribution in [3.8, 4) is 6.07 Å². The molecule has 0 saturated carbocycles.